The van der Waals surface area contributed by atoms with Crippen molar-refractivity contribution in [3.05, 3.63) is 71.2 Å². The minimum atomic E-state index is -0.252. The van der Waals surface area contributed by atoms with Crippen LogP contribution in [0.2, 0.25) is 0 Å². The Hall–Kier alpha value is -3.13. The van der Waals surface area contributed by atoms with Crippen LogP contribution in [0.4, 0.5) is 4.39 Å². The van der Waals surface area contributed by atoms with Crippen LogP contribution in [0.3, 0.4) is 0 Å². The molecule has 2 aliphatic heterocycles. The zero-order chi connectivity index (χ0) is 16.7. The molecule has 4 rings (SSSR count). The number of hydrogen-bond acceptors (Lipinski definition) is 6. The van der Waals surface area contributed by atoms with E-state index in [1.165, 1.54) is 17.1 Å². The molecule has 2 aromatic rings. The lowest BCUT2D eigenvalue weighted by atomic mass is 10.2. The minimum Gasteiger partial charge on any atom is -0.295 e. The van der Waals surface area contributed by atoms with Crippen molar-refractivity contribution in [1.29, 1.82) is 0 Å². The fraction of sp³-hybridized carbons (Fsp3) is 0.125. The van der Waals surface area contributed by atoms with Crippen LogP contribution in [-0.2, 0) is 13.6 Å². The average molecular weight is 325 g/mol. The molecular weight excluding hydrogens is 309 g/mol. The number of hydrogen-bond donors (Lipinski definition) is 2. The third kappa shape index (κ3) is 2.52. The van der Waals surface area contributed by atoms with Gasteiger partial charge in [-0.1, -0.05) is 12.1 Å². The summed E-state index contributed by atoms with van der Waals surface area (Å²) in [4.78, 5) is 4.43. The maximum absolute atomic E-state index is 13.1. The Bertz CT molecular complexity index is 863. The maximum atomic E-state index is 13.1. The smallest absolute Gasteiger partial charge is 0.123 e. The maximum Gasteiger partial charge on any atom is 0.123 e. The Balaban J connectivity index is 1.67. The van der Waals surface area contributed by atoms with Crippen LogP contribution in [0.15, 0.2) is 59.2 Å². The number of nitrogens with two attached hydrogens (primary N) is 1. The molecule has 3 N–H and O–H groups in total. The van der Waals surface area contributed by atoms with E-state index in [1.54, 1.807) is 35.5 Å². The number of benzene rings is 1. The van der Waals surface area contributed by atoms with E-state index in [9.17, 15) is 4.39 Å². The highest BCUT2D eigenvalue weighted by Crippen LogP contribution is 2.33. The monoisotopic (exact) mass is 325 g/mol. The highest BCUT2D eigenvalue weighted by atomic mass is 19.1. The van der Waals surface area contributed by atoms with E-state index in [0.717, 1.165) is 28.2 Å². The summed E-state index contributed by atoms with van der Waals surface area (Å²) in [6, 6.07) is 6.41. The van der Waals surface area contributed by atoms with Crippen LogP contribution in [0.5, 0.6) is 0 Å². The molecule has 8 heteroatoms. The zero-order valence-corrected chi connectivity index (χ0v) is 13.0. The van der Waals surface area contributed by atoms with Crippen LogP contribution < -0.4 is 11.3 Å². The quantitative estimate of drug-likeness (QED) is 0.832. The molecule has 1 aromatic heterocycles. The van der Waals surface area contributed by atoms with Gasteiger partial charge in [-0.25, -0.2) is 15.2 Å². The first-order valence-electron chi connectivity index (χ1n) is 7.41. The minimum absolute atomic E-state index is 0.252. The van der Waals surface area contributed by atoms with Gasteiger partial charge in [-0.05, 0) is 17.7 Å². The van der Waals surface area contributed by atoms with Crippen molar-refractivity contribution < 1.29 is 4.39 Å². The zero-order valence-electron chi connectivity index (χ0n) is 13.0. The van der Waals surface area contributed by atoms with Crippen molar-refractivity contribution >= 4 is 12.0 Å². The largest absolute Gasteiger partial charge is 0.295 e. The van der Waals surface area contributed by atoms with E-state index in [0.29, 0.717) is 6.54 Å². The van der Waals surface area contributed by atoms with E-state index in [-0.39, 0.29) is 5.82 Å². The third-order valence-corrected chi connectivity index (χ3v) is 3.86. The summed E-state index contributed by atoms with van der Waals surface area (Å²) in [5.74, 6) is 5.57. The second-order valence-corrected chi connectivity index (χ2v) is 5.66. The molecule has 0 radical (unpaired) electrons. The van der Waals surface area contributed by atoms with Crippen molar-refractivity contribution in [1.82, 2.24) is 25.2 Å². The lowest BCUT2D eigenvalue weighted by Crippen LogP contribution is -2.33. The van der Waals surface area contributed by atoms with Gasteiger partial charge in [0, 0.05) is 25.0 Å². The van der Waals surface area contributed by atoms with Crippen LogP contribution in [0, 0.1) is 5.82 Å². The molecule has 0 atom stereocenters. The predicted molar refractivity (Wildman–Crippen MR) is 87.8 cm³/mol. The fourth-order valence-electron chi connectivity index (χ4n) is 2.71. The Labute approximate surface area is 138 Å². The van der Waals surface area contributed by atoms with Gasteiger partial charge in [-0.2, -0.15) is 5.10 Å². The van der Waals surface area contributed by atoms with Gasteiger partial charge in [0.2, 0.25) is 0 Å². The lowest BCUT2D eigenvalue weighted by molar-refractivity contribution is 0.302. The topological polar surface area (TPSA) is 74.7 Å². The van der Waals surface area contributed by atoms with Crippen molar-refractivity contribution in [3.63, 3.8) is 0 Å². The molecule has 0 saturated carbocycles. The van der Waals surface area contributed by atoms with E-state index in [1.807, 2.05) is 18.3 Å². The lowest BCUT2D eigenvalue weighted by Gasteiger charge is -2.24. The molecule has 2 aliphatic rings. The van der Waals surface area contributed by atoms with Gasteiger partial charge in [0.15, 0.2) is 0 Å². The van der Waals surface area contributed by atoms with Gasteiger partial charge in [-0.15, -0.1) is 0 Å². The first-order valence-corrected chi connectivity index (χ1v) is 7.41. The van der Waals surface area contributed by atoms with Crippen LogP contribution in [0.25, 0.3) is 5.70 Å². The van der Waals surface area contributed by atoms with Gasteiger partial charge in [0.05, 0.1) is 18.4 Å². The molecule has 7 nitrogen and oxygen atoms in total. The Morgan fingerprint density at radius 3 is 2.75 bits per heavy atom. The Kier molecular flexibility index (Phi) is 3.31. The van der Waals surface area contributed by atoms with Crippen LogP contribution in [0.1, 0.15) is 11.1 Å². The molecule has 0 saturated heterocycles. The highest BCUT2D eigenvalue weighted by Gasteiger charge is 2.30. The number of rotatable bonds is 3. The molecule has 0 bridgehead atoms. The van der Waals surface area contributed by atoms with E-state index in [2.05, 4.69) is 15.5 Å². The average Bonchev–Trinajstić information content (AvgIpc) is 3.14. The number of halogens is 1. The molecule has 0 fully saturated rings. The molecule has 0 unspecified atom stereocenters. The van der Waals surface area contributed by atoms with Gasteiger partial charge in [0.25, 0.3) is 0 Å². The number of aromatic nitrogens is 2. The molecule has 3 heterocycles. The standard InChI is InChI=1S/C16H16FN7/c1-22-8-12(6-20-22)15-16-14(9-23(18)10-19-16)24(21-15)7-11-2-4-13(17)5-3-11/h2-6,8-10,21H,7,18H2,1H3. The summed E-state index contributed by atoms with van der Waals surface area (Å²) in [7, 11) is 1.86. The van der Waals surface area contributed by atoms with Crippen molar-refractivity contribution in [2.75, 3.05) is 0 Å². The Morgan fingerprint density at radius 2 is 2.04 bits per heavy atom. The molecular formula is C16H16FN7. The Morgan fingerprint density at radius 1 is 1.25 bits per heavy atom. The van der Waals surface area contributed by atoms with Crippen molar-refractivity contribution in [2.45, 2.75) is 6.54 Å². The molecule has 0 aliphatic carbocycles. The summed E-state index contributed by atoms with van der Waals surface area (Å²) in [5, 5.41) is 7.55. The van der Waals surface area contributed by atoms with Crippen LogP contribution in [-0.4, -0.2) is 26.1 Å². The van der Waals surface area contributed by atoms with Crippen LogP contribution >= 0.6 is 0 Å². The van der Waals surface area contributed by atoms with Gasteiger partial charge >= 0.3 is 0 Å². The van der Waals surface area contributed by atoms with Gasteiger partial charge in [-0.3, -0.25) is 20.1 Å². The number of fused-ring (bicyclic) bond motifs is 1. The SMILES string of the molecule is Cn1cc(C2=C3N=CN(N)C=C3N(Cc3ccc(F)cc3)N2)cn1. The summed E-state index contributed by atoms with van der Waals surface area (Å²) in [6.45, 7) is 0.544. The van der Waals surface area contributed by atoms with E-state index >= 15 is 0 Å². The first kappa shape index (κ1) is 14.5. The third-order valence-electron chi connectivity index (χ3n) is 3.86. The summed E-state index contributed by atoms with van der Waals surface area (Å²) in [6.07, 6.45) is 7.04. The summed E-state index contributed by atoms with van der Waals surface area (Å²) < 4.78 is 14.8. The summed E-state index contributed by atoms with van der Waals surface area (Å²) >= 11 is 0. The number of nitrogens with zero attached hydrogens (tertiary/aromatic N) is 5. The van der Waals surface area contributed by atoms with Gasteiger partial charge in [0.1, 0.15) is 23.5 Å². The van der Waals surface area contributed by atoms with Crippen molar-refractivity contribution in [2.24, 2.45) is 17.9 Å². The second-order valence-electron chi connectivity index (χ2n) is 5.66. The van der Waals surface area contributed by atoms with E-state index in [4.69, 9.17) is 5.84 Å². The number of aliphatic imine (C=N–C) groups is 1. The molecule has 122 valence electrons. The van der Waals surface area contributed by atoms with E-state index < -0.39 is 0 Å². The molecule has 24 heavy (non-hydrogen) atoms. The molecule has 1 aromatic carbocycles. The fourth-order valence-corrected chi connectivity index (χ4v) is 2.71. The first-order chi connectivity index (χ1) is 11.6. The molecule has 0 amide bonds. The summed E-state index contributed by atoms with van der Waals surface area (Å²) in [5.41, 5.74) is 7.76. The number of aryl methyl sites for hydroxylation is 1. The normalized spacial score (nSPS) is 16.4. The van der Waals surface area contributed by atoms with Crippen molar-refractivity contribution in [3.8, 4) is 0 Å². The molecule has 0 spiro atoms. The number of nitrogens with one attached hydrogen (secondary N) is 1. The van der Waals surface area contributed by atoms with Gasteiger partial charge < -0.3 is 0 Å². The predicted octanol–water partition coefficient (Wildman–Crippen LogP) is 1.31. The number of hydrazine groups is 2. The second kappa shape index (κ2) is 5.50. The highest BCUT2D eigenvalue weighted by molar-refractivity contribution is 5.77.